The Hall–Kier alpha value is 0.947. The van der Waals surface area contributed by atoms with Crippen LogP contribution in [0.2, 0.25) is 18.1 Å². The van der Waals surface area contributed by atoms with Gasteiger partial charge >= 0.3 is 0 Å². The van der Waals surface area contributed by atoms with Crippen LogP contribution >= 0.6 is 22.6 Å². The molecule has 0 amide bonds. The molecule has 0 rings (SSSR count). The van der Waals surface area contributed by atoms with Crippen molar-refractivity contribution in [3.05, 3.63) is 0 Å². The highest BCUT2D eigenvalue weighted by molar-refractivity contribution is 14.1. The molecule has 0 fully saturated rings. The maximum absolute atomic E-state index is 2.47. The Kier molecular flexibility index (Phi) is 6.05. The summed E-state index contributed by atoms with van der Waals surface area (Å²) in [7, 11) is -0.425. The van der Waals surface area contributed by atoms with E-state index in [1.54, 1.807) is 0 Å². The van der Waals surface area contributed by atoms with Crippen LogP contribution in [0, 0.1) is 0 Å². The van der Waals surface area contributed by atoms with Crippen LogP contribution in [0.1, 0.15) is 33.1 Å². The molecule has 0 saturated heterocycles. The largest absolute Gasteiger partial charge is 0.0864 e. The van der Waals surface area contributed by atoms with Crippen molar-refractivity contribution in [2.75, 3.05) is 4.43 Å². The summed E-state index contributed by atoms with van der Waals surface area (Å²) in [4.78, 5) is 0. The summed E-state index contributed by atoms with van der Waals surface area (Å²) < 4.78 is 1.33. The van der Waals surface area contributed by atoms with E-state index >= 15 is 0 Å². The monoisotopic (exact) mass is 284 g/mol. The second-order valence-corrected chi connectivity index (χ2v) is 9.24. The maximum atomic E-state index is 2.47. The summed E-state index contributed by atoms with van der Waals surface area (Å²) in [5.74, 6) is 0. The van der Waals surface area contributed by atoms with Crippen molar-refractivity contribution in [1.29, 1.82) is 0 Å². The Bertz CT molecular complexity index is 99.7. The van der Waals surface area contributed by atoms with E-state index in [4.69, 9.17) is 0 Å². The molecule has 0 atom stereocenters. The first kappa shape index (κ1) is 11.9. The number of halogens is 1. The second-order valence-electron chi connectivity index (χ2n) is 4.29. The number of hydrogen-bond donors (Lipinski definition) is 0. The fraction of sp³-hybridized carbons (Fsp3) is 1.00. The fourth-order valence-electron chi connectivity index (χ4n) is 0.964. The minimum Gasteiger partial charge on any atom is -0.0864 e. The van der Waals surface area contributed by atoms with Crippen molar-refractivity contribution in [3.8, 4) is 0 Å². The van der Waals surface area contributed by atoms with Crippen molar-refractivity contribution in [2.24, 2.45) is 0 Å². The van der Waals surface area contributed by atoms with Gasteiger partial charge in [0.25, 0.3) is 0 Å². The molecule has 0 spiro atoms. The lowest BCUT2D eigenvalue weighted by Gasteiger charge is -2.28. The van der Waals surface area contributed by atoms with Crippen molar-refractivity contribution < 1.29 is 0 Å². The van der Waals surface area contributed by atoms with Crippen LogP contribution in [0.3, 0.4) is 0 Å². The van der Waals surface area contributed by atoms with Gasteiger partial charge in [-0.25, -0.2) is 0 Å². The zero-order chi connectivity index (χ0) is 8.91. The lowest BCUT2D eigenvalue weighted by Crippen LogP contribution is -2.20. The van der Waals surface area contributed by atoms with Crippen LogP contribution in [0.25, 0.3) is 0 Å². The molecule has 0 bridgehead atoms. The van der Waals surface area contributed by atoms with E-state index in [0.29, 0.717) is 5.04 Å². The van der Waals surface area contributed by atoms with Gasteiger partial charge < -0.3 is 0 Å². The van der Waals surface area contributed by atoms with Gasteiger partial charge in [-0.2, -0.15) is 0 Å². The second kappa shape index (κ2) is 5.57. The number of unbranched alkanes of at least 4 members (excludes halogenated alkanes) is 1. The Labute approximate surface area is 86.9 Å². The third-order valence-corrected chi connectivity index (χ3v) is 6.95. The molecule has 0 aliphatic heterocycles. The topological polar surface area (TPSA) is 0 Å². The van der Waals surface area contributed by atoms with Crippen LogP contribution in [-0.2, 0) is 0 Å². The summed E-state index contributed by atoms with van der Waals surface area (Å²) in [6.45, 7) is 9.81. The van der Waals surface area contributed by atoms with Crippen molar-refractivity contribution in [3.63, 3.8) is 0 Å². The lowest BCUT2D eigenvalue weighted by molar-refractivity contribution is 0.561. The highest BCUT2D eigenvalue weighted by Gasteiger charge is 2.21. The molecule has 0 aliphatic rings. The quantitative estimate of drug-likeness (QED) is 0.311. The zero-order valence-electron chi connectivity index (χ0n) is 8.28. The normalized spacial score (nSPS) is 12.5. The molecule has 0 aromatic carbocycles. The Morgan fingerprint density at radius 1 is 1.18 bits per heavy atom. The van der Waals surface area contributed by atoms with Gasteiger partial charge in [-0.1, -0.05) is 62.4 Å². The maximum Gasteiger partial charge on any atom is 0.0364 e. The molecule has 0 unspecified atom stereocenters. The molecule has 0 N–H and O–H groups in total. The molecule has 0 aromatic rings. The molecule has 0 heterocycles. The Morgan fingerprint density at radius 2 is 1.73 bits per heavy atom. The molecule has 0 radical (unpaired) electrons. The van der Waals surface area contributed by atoms with E-state index < -0.39 is 8.80 Å². The van der Waals surface area contributed by atoms with Gasteiger partial charge in [0, 0.05) is 8.80 Å². The van der Waals surface area contributed by atoms with E-state index in [1.165, 1.54) is 23.7 Å². The standard InChI is InChI=1S/C9H21ISi/c1-9(2,11(3)4)7-5-6-8-10/h11H,5-8H2,1-4H3. The highest BCUT2D eigenvalue weighted by Crippen LogP contribution is 2.34. The zero-order valence-corrected chi connectivity index (χ0v) is 11.6. The van der Waals surface area contributed by atoms with Crippen LogP contribution in [-0.4, -0.2) is 13.2 Å². The predicted molar refractivity (Wildman–Crippen MR) is 65.7 cm³/mol. The fourth-order valence-corrected chi connectivity index (χ4v) is 2.28. The van der Waals surface area contributed by atoms with E-state index in [-0.39, 0.29) is 0 Å². The first-order valence-corrected chi connectivity index (χ1v) is 8.98. The first-order valence-electron chi connectivity index (χ1n) is 4.56. The molecular formula is C9H21ISi. The minimum absolute atomic E-state index is 0.425. The molecule has 11 heavy (non-hydrogen) atoms. The van der Waals surface area contributed by atoms with E-state index in [1.807, 2.05) is 0 Å². The third-order valence-electron chi connectivity index (χ3n) is 2.77. The molecule has 68 valence electrons. The van der Waals surface area contributed by atoms with Gasteiger partial charge in [-0.3, -0.25) is 0 Å². The molecule has 0 aliphatic carbocycles. The van der Waals surface area contributed by atoms with Gasteiger partial charge in [0.2, 0.25) is 0 Å². The van der Waals surface area contributed by atoms with Crippen molar-refractivity contribution in [1.82, 2.24) is 0 Å². The summed E-state index contributed by atoms with van der Waals surface area (Å²) in [5, 5.41) is 0.686. The van der Waals surface area contributed by atoms with Gasteiger partial charge in [0.05, 0.1) is 0 Å². The highest BCUT2D eigenvalue weighted by atomic mass is 127. The summed E-state index contributed by atoms with van der Waals surface area (Å²) in [6.07, 6.45) is 4.28. The van der Waals surface area contributed by atoms with Crippen molar-refractivity contribution >= 4 is 31.4 Å². The van der Waals surface area contributed by atoms with Gasteiger partial charge in [-0.05, 0) is 15.9 Å². The number of alkyl halides is 1. The molecule has 0 nitrogen and oxygen atoms in total. The summed E-state index contributed by atoms with van der Waals surface area (Å²) >= 11 is 2.47. The average Bonchev–Trinajstić information content (AvgIpc) is 1.88. The van der Waals surface area contributed by atoms with Gasteiger partial charge in [0.15, 0.2) is 0 Å². The Morgan fingerprint density at radius 3 is 2.09 bits per heavy atom. The predicted octanol–water partition coefficient (Wildman–Crippen LogP) is 3.86. The molecule has 0 aromatic heterocycles. The molecular weight excluding hydrogens is 263 g/mol. The summed E-state index contributed by atoms with van der Waals surface area (Å²) in [6, 6.07) is 0. The molecule has 0 saturated carbocycles. The average molecular weight is 284 g/mol. The SMILES string of the molecule is C[SiH](C)C(C)(C)CCCCI. The smallest absolute Gasteiger partial charge is 0.0364 e. The summed E-state index contributed by atoms with van der Waals surface area (Å²) in [5.41, 5.74) is 0. The number of rotatable bonds is 5. The molecule has 2 heteroatoms. The van der Waals surface area contributed by atoms with Gasteiger partial charge in [-0.15, -0.1) is 0 Å². The van der Waals surface area contributed by atoms with Crippen LogP contribution < -0.4 is 0 Å². The van der Waals surface area contributed by atoms with E-state index in [9.17, 15) is 0 Å². The number of hydrogen-bond acceptors (Lipinski definition) is 0. The third kappa shape index (κ3) is 5.23. The van der Waals surface area contributed by atoms with Crippen LogP contribution in [0.4, 0.5) is 0 Å². The van der Waals surface area contributed by atoms with E-state index in [2.05, 4.69) is 49.5 Å². The van der Waals surface area contributed by atoms with Crippen LogP contribution in [0.15, 0.2) is 0 Å². The van der Waals surface area contributed by atoms with Crippen molar-refractivity contribution in [2.45, 2.75) is 51.2 Å². The lowest BCUT2D eigenvalue weighted by atomic mass is 10.1. The van der Waals surface area contributed by atoms with Crippen LogP contribution in [0.5, 0.6) is 0 Å². The van der Waals surface area contributed by atoms with E-state index in [0.717, 1.165) is 0 Å². The Balaban J connectivity index is 3.55. The first-order chi connectivity index (χ1) is 5.00. The minimum atomic E-state index is -0.425. The van der Waals surface area contributed by atoms with Gasteiger partial charge in [0.1, 0.15) is 0 Å².